The van der Waals surface area contributed by atoms with Crippen LogP contribution in [0.15, 0.2) is 108 Å². The van der Waals surface area contributed by atoms with Gasteiger partial charge in [0.25, 0.3) is 23.6 Å². The lowest BCUT2D eigenvalue weighted by Crippen LogP contribution is -2.50. The Morgan fingerprint density at radius 2 is 1.27 bits per heavy atom. The first-order valence-corrected chi connectivity index (χ1v) is 25.8. The number of anilines is 4. The van der Waals surface area contributed by atoms with E-state index in [1.54, 1.807) is 47.5 Å². The minimum atomic E-state index is -1.10. The van der Waals surface area contributed by atoms with Crippen molar-refractivity contribution in [2.45, 2.75) is 76.9 Å². The van der Waals surface area contributed by atoms with Crippen molar-refractivity contribution in [3.05, 3.63) is 137 Å². The standard InChI is InChI=1S/C58H57N9O12/c1-32(62-52(69)14-13-51(68)59-17-18-65-53(70)15-16-54(65)71)55(72)63-33(2)56(73)64-38-20-34(30-78-49-26-43-41(24-47(49)76-3)57(74)66-39(28-60-43)22-36-9-5-7-11-45(36)66)19-35(21-38)31-79-50-27-44-42(25-48(50)77-4)58(75)67-40(29-61-44)23-37-10-6-8-12-46(37)67/h5-12,15-16,19-21,24-28,32-33,39-40,61H,13-14,17-18,22-23,29-31H2,1-4H3,(H,59,68)(H,62,69)(H,63,72)(H,64,73)/t32-,33-,39-,40-/m0/s1. The van der Waals surface area contributed by atoms with Crippen molar-refractivity contribution in [2.24, 2.45) is 4.99 Å². The van der Waals surface area contributed by atoms with E-state index < -0.39 is 47.5 Å². The SMILES string of the molecule is COc1cc2c(cc1OCc1cc(COc3cc4c(cc3OC)C(=O)N3c5ccccc5C[C@H]3CN4)cc(NC(=O)[C@H](C)NC(=O)[C@H](C)NC(=O)CCC(=O)NCCN3C(=O)C=CC3=O)c1)N=C[C@@H]1Cc3ccccc3N1C2=O. The molecule has 5 N–H and O–H groups in total. The summed E-state index contributed by atoms with van der Waals surface area (Å²) in [6, 6.07) is 25.1. The Labute approximate surface area is 454 Å². The highest BCUT2D eigenvalue weighted by molar-refractivity contribution is 6.15. The van der Waals surface area contributed by atoms with Gasteiger partial charge < -0.3 is 50.4 Å². The molecule has 4 atom stereocenters. The highest BCUT2D eigenvalue weighted by atomic mass is 16.5. The Balaban J connectivity index is 0.828. The average Bonchev–Trinajstić information content (AvgIpc) is 4.28. The number of nitrogens with zero attached hydrogens (tertiary/aromatic N) is 4. The summed E-state index contributed by atoms with van der Waals surface area (Å²) in [6.45, 7) is 3.33. The number of amides is 8. The normalized spacial score (nSPS) is 17.1. The van der Waals surface area contributed by atoms with Crippen molar-refractivity contribution in [1.82, 2.24) is 20.9 Å². The van der Waals surface area contributed by atoms with Gasteiger partial charge in [-0.05, 0) is 85.0 Å². The van der Waals surface area contributed by atoms with Crippen LogP contribution in [0.5, 0.6) is 23.0 Å². The van der Waals surface area contributed by atoms with Gasteiger partial charge in [-0.3, -0.25) is 53.1 Å². The molecule has 5 aliphatic rings. The Morgan fingerprint density at radius 1 is 0.671 bits per heavy atom. The molecule has 21 nitrogen and oxygen atoms in total. The number of carbonyl (C=O) groups is 8. The van der Waals surface area contributed by atoms with Crippen LogP contribution in [0.3, 0.4) is 0 Å². The number of rotatable bonds is 19. The lowest BCUT2D eigenvalue weighted by Gasteiger charge is -2.22. The summed E-state index contributed by atoms with van der Waals surface area (Å²) in [5, 5.41) is 14.0. The molecule has 5 aromatic carbocycles. The van der Waals surface area contributed by atoms with E-state index in [2.05, 4.69) is 26.6 Å². The summed E-state index contributed by atoms with van der Waals surface area (Å²) >= 11 is 0. The van der Waals surface area contributed by atoms with Gasteiger partial charge in [-0.2, -0.15) is 0 Å². The molecule has 0 spiro atoms. The average molecular weight is 1070 g/mol. The van der Waals surface area contributed by atoms with Gasteiger partial charge in [0, 0.05) is 86.5 Å². The molecule has 0 aromatic heterocycles. The van der Waals surface area contributed by atoms with Gasteiger partial charge in [-0.1, -0.05) is 36.4 Å². The van der Waals surface area contributed by atoms with Gasteiger partial charge in [-0.15, -0.1) is 0 Å². The minimum absolute atomic E-state index is 0.00842. The number of nitrogens with one attached hydrogen (secondary N) is 5. The predicted molar refractivity (Wildman–Crippen MR) is 291 cm³/mol. The fraction of sp³-hybridized carbons (Fsp3) is 0.293. The fourth-order valence-electron chi connectivity index (χ4n) is 10.2. The largest absolute Gasteiger partial charge is 0.493 e. The Hall–Kier alpha value is -9.53. The van der Waals surface area contributed by atoms with E-state index in [0.717, 1.165) is 39.6 Å². The molecule has 0 saturated carbocycles. The molecule has 0 radical (unpaired) electrons. The zero-order valence-electron chi connectivity index (χ0n) is 43.8. The molecule has 0 unspecified atom stereocenters. The lowest BCUT2D eigenvalue weighted by atomic mass is 10.1. The topological polar surface area (TPSA) is 256 Å². The maximum atomic E-state index is 14.1. The third-order valence-electron chi connectivity index (χ3n) is 14.3. The second-order valence-electron chi connectivity index (χ2n) is 19.6. The molecule has 5 heterocycles. The van der Waals surface area contributed by atoms with Crippen molar-refractivity contribution < 1.29 is 57.3 Å². The molecule has 0 saturated heterocycles. The zero-order chi connectivity index (χ0) is 55.5. The quantitative estimate of drug-likeness (QED) is 0.0690. The second kappa shape index (κ2) is 22.6. The predicted octanol–water partition coefficient (Wildman–Crippen LogP) is 4.92. The first kappa shape index (κ1) is 52.9. The first-order valence-electron chi connectivity index (χ1n) is 25.8. The van der Waals surface area contributed by atoms with Gasteiger partial charge in [0.1, 0.15) is 25.3 Å². The van der Waals surface area contributed by atoms with Crippen LogP contribution in [0.4, 0.5) is 28.4 Å². The molecule has 0 aliphatic carbocycles. The number of ether oxygens (including phenoxy) is 4. The summed E-state index contributed by atoms with van der Waals surface area (Å²) in [4.78, 5) is 113. The van der Waals surface area contributed by atoms with Crippen LogP contribution in [-0.2, 0) is 54.8 Å². The number of fused-ring (bicyclic) bond motifs is 8. The number of hydrogen-bond acceptors (Lipinski definition) is 14. The molecule has 0 bridgehead atoms. The van der Waals surface area contributed by atoms with E-state index in [-0.39, 0.29) is 63.0 Å². The van der Waals surface area contributed by atoms with Crippen LogP contribution in [0, 0.1) is 0 Å². The number of imide groups is 1. The highest BCUT2D eigenvalue weighted by Gasteiger charge is 2.39. The lowest BCUT2D eigenvalue weighted by molar-refractivity contribution is -0.137. The van der Waals surface area contributed by atoms with Crippen molar-refractivity contribution in [1.29, 1.82) is 0 Å². The summed E-state index contributed by atoms with van der Waals surface area (Å²) < 4.78 is 24.4. The van der Waals surface area contributed by atoms with Gasteiger partial charge in [-0.25, -0.2) is 0 Å². The molecule has 79 heavy (non-hydrogen) atoms. The number of methoxy groups -OCH3 is 2. The van der Waals surface area contributed by atoms with Gasteiger partial charge in [0.2, 0.25) is 23.6 Å². The molecule has 21 heteroatoms. The number of carbonyl (C=O) groups excluding carboxylic acids is 8. The van der Waals surface area contributed by atoms with Crippen LogP contribution in [0.1, 0.15) is 69.7 Å². The van der Waals surface area contributed by atoms with E-state index >= 15 is 0 Å². The summed E-state index contributed by atoms with van der Waals surface area (Å²) in [5.41, 5.74) is 7.16. The van der Waals surface area contributed by atoms with Crippen LogP contribution >= 0.6 is 0 Å². The van der Waals surface area contributed by atoms with Gasteiger partial charge in [0.05, 0.1) is 48.8 Å². The highest BCUT2D eigenvalue weighted by Crippen LogP contribution is 2.43. The van der Waals surface area contributed by atoms with Crippen LogP contribution < -0.4 is 55.3 Å². The second-order valence-corrected chi connectivity index (χ2v) is 19.6. The van der Waals surface area contributed by atoms with Gasteiger partial charge >= 0.3 is 0 Å². The molecule has 5 aliphatic heterocycles. The number of benzene rings is 5. The number of hydrogen-bond donors (Lipinski definition) is 5. The Kier molecular flexibility index (Phi) is 15.1. The van der Waals surface area contributed by atoms with Gasteiger partial charge in [0.15, 0.2) is 23.0 Å². The summed E-state index contributed by atoms with van der Waals surface area (Å²) in [5.74, 6) is -2.35. The fourth-order valence-corrected chi connectivity index (χ4v) is 10.2. The van der Waals surface area contributed by atoms with E-state index in [0.29, 0.717) is 81.7 Å². The van der Waals surface area contributed by atoms with Crippen molar-refractivity contribution in [3.8, 4) is 23.0 Å². The van der Waals surface area contributed by atoms with Crippen molar-refractivity contribution in [3.63, 3.8) is 0 Å². The maximum absolute atomic E-state index is 14.1. The van der Waals surface area contributed by atoms with Crippen LogP contribution in [-0.4, -0.2) is 116 Å². The van der Waals surface area contributed by atoms with Crippen molar-refractivity contribution >= 4 is 81.9 Å². The van der Waals surface area contributed by atoms with E-state index in [9.17, 15) is 38.4 Å². The number of para-hydroxylation sites is 2. The monoisotopic (exact) mass is 1070 g/mol. The first-order chi connectivity index (χ1) is 38.2. The molecule has 0 fully saturated rings. The maximum Gasteiger partial charge on any atom is 0.261 e. The molecule has 406 valence electrons. The Morgan fingerprint density at radius 3 is 1.95 bits per heavy atom. The molecule has 8 amide bonds. The van der Waals surface area contributed by atoms with Crippen molar-refractivity contribution in [2.75, 3.05) is 54.3 Å². The van der Waals surface area contributed by atoms with E-state index in [1.165, 1.54) is 28.1 Å². The summed E-state index contributed by atoms with van der Waals surface area (Å²) in [6.07, 6.45) is 4.94. The Bertz CT molecular complexity index is 3380. The zero-order valence-corrected chi connectivity index (χ0v) is 43.8. The van der Waals surface area contributed by atoms with Crippen LogP contribution in [0.25, 0.3) is 0 Å². The molecule has 10 rings (SSSR count). The number of aliphatic imine (C=N–C) groups is 1. The third-order valence-corrected chi connectivity index (χ3v) is 14.3. The smallest absolute Gasteiger partial charge is 0.261 e. The van der Waals surface area contributed by atoms with Crippen LogP contribution in [0.2, 0.25) is 0 Å². The molecular weight excluding hydrogens is 1010 g/mol. The summed E-state index contributed by atoms with van der Waals surface area (Å²) in [7, 11) is 2.97. The third kappa shape index (κ3) is 11.2. The molecular formula is C58H57N9O12. The molecule has 5 aromatic rings. The van der Waals surface area contributed by atoms with E-state index in [4.69, 9.17) is 23.9 Å². The minimum Gasteiger partial charge on any atom is -0.493 e. The van der Waals surface area contributed by atoms with E-state index in [1.807, 2.05) is 59.5 Å².